The fourth-order valence-corrected chi connectivity index (χ4v) is 0.433. The molecule has 0 aliphatic carbocycles. The molecule has 0 radical (unpaired) electrons. The van der Waals surface area contributed by atoms with Gasteiger partial charge in [-0.3, -0.25) is 0 Å². The van der Waals surface area contributed by atoms with E-state index >= 15 is 0 Å². The summed E-state index contributed by atoms with van der Waals surface area (Å²) in [5.74, 6) is 0. The molecule has 0 amide bonds. The summed E-state index contributed by atoms with van der Waals surface area (Å²) in [6.45, 7) is 4.35. The molecule has 44 valence electrons. The van der Waals surface area contributed by atoms with E-state index in [4.69, 9.17) is 0 Å². The van der Waals surface area contributed by atoms with Gasteiger partial charge in [0.2, 0.25) is 0 Å². The average molecular weight is 106 g/mol. The maximum atomic E-state index is 3.71. The van der Waals surface area contributed by atoms with Gasteiger partial charge in [-0.1, -0.05) is 0 Å². The second-order valence-corrected chi connectivity index (χ2v) is 1.57. The van der Waals surface area contributed by atoms with Gasteiger partial charge in [-0.2, -0.15) is 0 Å². The molecule has 3 heteroatoms. The molecule has 0 spiro atoms. The normalized spacial score (nSPS) is 9.43. The van der Waals surface area contributed by atoms with Crippen molar-refractivity contribution >= 4 is 0 Å². The van der Waals surface area contributed by atoms with Gasteiger partial charge in [0.25, 0.3) is 0 Å². The van der Waals surface area contributed by atoms with Gasteiger partial charge in [0.05, 0.1) is 0 Å². The van der Waals surface area contributed by atoms with E-state index in [0.717, 1.165) is 26.2 Å². The van der Waals surface area contributed by atoms with Crippen LogP contribution in [0.4, 0.5) is 0 Å². The first kappa shape index (κ1) is 6.88. The number of hydrogen-bond donors (Lipinski definition) is 3. The van der Waals surface area contributed by atoms with Crippen LogP contribution in [0.15, 0.2) is 0 Å². The van der Waals surface area contributed by atoms with Crippen molar-refractivity contribution in [3.63, 3.8) is 0 Å². The molecule has 0 rings (SSSR count). The highest BCUT2D eigenvalue weighted by molar-refractivity contribution is 4.13. The molecule has 0 unspecified atom stereocenters. The second kappa shape index (κ2) is 5.88. The van der Waals surface area contributed by atoms with E-state index in [9.17, 15) is 0 Å². The van der Waals surface area contributed by atoms with Crippen LogP contribution in [0.1, 0.15) is 0 Å². The Morgan fingerprint density at radius 1 is 1.00 bits per heavy atom. The highest BCUT2D eigenvalue weighted by atomic mass is 14.9. The first-order valence-corrected chi connectivity index (χ1v) is 2.82. The Bertz CT molecular complexity index is 26.1. The molecule has 0 bridgehead atoms. The van der Waals surface area contributed by atoms with E-state index < -0.39 is 0 Å². The molecule has 0 aromatic carbocycles. The van der Waals surface area contributed by atoms with Gasteiger partial charge >= 0.3 is 0 Å². The summed E-state index contributed by atoms with van der Waals surface area (Å²) < 4.78 is 0. The molecular weight excluding hydrogens is 90.1 g/mol. The summed E-state index contributed by atoms with van der Waals surface area (Å²) in [6.07, 6.45) is 0. The molecule has 7 heavy (non-hydrogen) atoms. The van der Waals surface area contributed by atoms with Crippen molar-refractivity contribution in [3.8, 4) is 0 Å². The third-order valence-electron chi connectivity index (χ3n) is 0.816. The monoisotopic (exact) mass is 106 g/mol. The molecule has 8 N–H and O–H groups in total. The summed E-state index contributed by atoms with van der Waals surface area (Å²) >= 11 is 0. The van der Waals surface area contributed by atoms with Crippen LogP contribution in [0.25, 0.3) is 0 Å². The molecule has 0 aliphatic rings. The van der Waals surface area contributed by atoms with Gasteiger partial charge < -0.3 is 16.8 Å². The zero-order valence-corrected chi connectivity index (χ0v) is 4.82. The van der Waals surface area contributed by atoms with Gasteiger partial charge in [-0.05, 0) is 0 Å². The minimum absolute atomic E-state index is 1.03. The van der Waals surface area contributed by atoms with Crippen LogP contribution in [0, 0.1) is 0 Å². The van der Waals surface area contributed by atoms with Crippen LogP contribution in [0.2, 0.25) is 0 Å². The Morgan fingerprint density at radius 3 is 1.71 bits per heavy atom. The van der Waals surface area contributed by atoms with Crippen molar-refractivity contribution in [2.45, 2.75) is 0 Å². The molecule has 0 heterocycles. The molecule has 0 aromatic rings. The van der Waals surface area contributed by atoms with Crippen LogP contribution in [0.5, 0.6) is 0 Å². The minimum Gasteiger partial charge on any atom is -0.353 e. The molecule has 0 saturated carbocycles. The van der Waals surface area contributed by atoms with Crippen LogP contribution in [0.3, 0.4) is 0 Å². The lowest BCUT2D eigenvalue weighted by atomic mass is 10.6. The van der Waals surface area contributed by atoms with Gasteiger partial charge in [-0.25, -0.2) is 0 Å². The lowest BCUT2D eigenvalue weighted by Gasteiger charge is -1.89. The SMILES string of the molecule is [NH3+]CC[NH2+]CC[NH3+]. The summed E-state index contributed by atoms with van der Waals surface area (Å²) in [6, 6.07) is 0. The van der Waals surface area contributed by atoms with Crippen molar-refractivity contribution < 1.29 is 16.8 Å². The topological polar surface area (TPSA) is 71.9 Å². The fourth-order valence-electron chi connectivity index (χ4n) is 0.433. The highest BCUT2D eigenvalue weighted by Crippen LogP contribution is 1.28. The van der Waals surface area contributed by atoms with Gasteiger partial charge in [-0.15, -0.1) is 0 Å². The van der Waals surface area contributed by atoms with Gasteiger partial charge in [0.1, 0.15) is 26.2 Å². The maximum absolute atomic E-state index is 3.71. The Morgan fingerprint density at radius 2 is 1.43 bits per heavy atom. The molecule has 0 fully saturated rings. The first-order chi connectivity index (χ1) is 3.41. The van der Waals surface area contributed by atoms with E-state index in [2.05, 4.69) is 16.8 Å². The van der Waals surface area contributed by atoms with Crippen molar-refractivity contribution in [3.05, 3.63) is 0 Å². The summed E-state index contributed by atoms with van der Waals surface area (Å²) in [4.78, 5) is 0. The smallest absolute Gasteiger partial charge is 0.125 e. The van der Waals surface area contributed by atoms with E-state index in [1.165, 1.54) is 0 Å². The molecule has 0 saturated heterocycles. The summed E-state index contributed by atoms with van der Waals surface area (Å²) in [5.41, 5.74) is 7.41. The molecule has 0 aliphatic heterocycles. The van der Waals surface area contributed by atoms with E-state index in [1.807, 2.05) is 0 Å². The number of quaternary nitrogens is 3. The first-order valence-electron chi connectivity index (χ1n) is 2.82. The van der Waals surface area contributed by atoms with E-state index in [1.54, 1.807) is 0 Å². The van der Waals surface area contributed by atoms with Gasteiger partial charge in [0, 0.05) is 0 Å². The average Bonchev–Trinajstić information content (AvgIpc) is 1.69. The zero-order valence-electron chi connectivity index (χ0n) is 4.82. The molecule has 0 atom stereocenters. The Labute approximate surface area is 44.1 Å². The standard InChI is InChI=1S/C4H13N3/c5-1-3-7-4-2-6/h7H,1-6H2/p+3. The van der Waals surface area contributed by atoms with Crippen molar-refractivity contribution in [1.82, 2.24) is 0 Å². The lowest BCUT2D eigenvalue weighted by molar-refractivity contribution is -0.683. The Kier molecular flexibility index (Phi) is 5.78. The van der Waals surface area contributed by atoms with Crippen LogP contribution >= 0.6 is 0 Å². The predicted molar refractivity (Wildman–Crippen MR) is 27.2 cm³/mol. The van der Waals surface area contributed by atoms with Crippen molar-refractivity contribution in [1.29, 1.82) is 0 Å². The number of nitrogens with two attached hydrogens (primary N) is 1. The summed E-state index contributed by atoms with van der Waals surface area (Å²) in [5, 5.41) is 2.24. The number of hydrogen-bond acceptors (Lipinski definition) is 0. The fraction of sp³-hybridized carbons (Fsp3) is 1.00. The highest BCUT2D eigenvalue weighted by Gasteiger charge is 1.84. The Balaban J connectivity index is 2.45. The third-order valence-corrected chi connectivity index (χ3v) is 0.816. The second-order valence-electron chi connectivity index (χ2n) is 1.57. The number of rotatable bonds is 4. The zero-order chi connectivity index (χ0) is 5.54. The lowest BCUT2D eigenvalue weighted by Crippen LogP contribution is -2.90. The molecule has 3 nitrogen and oxygen atoms in total. The predicted octanol–water partition coefficient (Wildman–Crippen LogP) is -3.97. The van der Waals surface area contributed by atoms with Crippen molar-refractivity contribution in [2.24, 2.45) is 0 Å². The molecule has 0 aromatic heterocycles. The Hall–Kier alpha value is -0.120. The maximum Gasteiger partial charge on any atom is 0.125 e. The largest absolute Gasteiger partial charge is 0.353 e. The van der Waals surface area contributed by atoms with E-state index in [-0.39, 0.29) is 0 Å². The third kappa shape index (κ3) is 5.88. The van der Waals surface area contributed by atoms with Crippen LogP contribution < -0.4 is 16.8 Å². The summed E-state index contributed by atoms with van der Waals surface area (Å²) in [7, 11) is 0. The van der Waals surface area contributed by atoms with E-state index in [0.29, 0.717) is 0 Å². The van der Waals surface area contributed by atoms with Gasteiger partial charge in [0.15, 0.2) is 0 Å². The van der Waals surface area contributed by atoms with Crippen LogP contribution in [-0.2, 0) is 0 Å². The quantitative estimate of drug-likeness (QED) is 0.306. The molecular formula is C4H16N3+3. The minimum atomic E-state index is 1.03. The van der Waals surface area contributed by atoms with Crippen molar-refractivity contribution in [2.75, 3.05) is 26.2 Å². The van der Waals surface area contributed by atoms with Crippen LogP contribution in [-0.4, -0.2) is 26.2 Å².